The Balaban J connectivity index is 0.926. The quantitative estimate of drug-likeness (QED) is 0.165. The molecule has 0 amide bonds. The van der Waals surface area contributed by atoms with Crippen LogP contribution in [-0.2, 0) is 10.8 Å². The molecule has 15 aromatic rings. The van der Waals surface area contributed by atoms with Gasteiger partial charge in [-0.05, 0) is 142 Å². The van der Waals surface area contributed by atoms with E-state index < -0.39 is 0 Å². The van der Waals surface area contributed by atoms with E-state index in [1.165, 1.54) is 0 Å². The SMILES string of the molecule is Cc1ccccc1N(c1ccc2cc3c(cc2c1)oc1c(C(C)(C)C)c2c(oc4cc5cc(N(c6ccccc6C)c6cccc7c6oc6ccccc67)ccc5cc42)c(C(C)(C)C)c13)c1cccc2c1oc1ccccc12. The molecule has 0 aliphatic heterocycles. The fourth-order valence-corrected chi connectivity index (χ4v) is 12.7. The average Bonchev–Trinajstić information content (AvgIpc) is 4.21. The molecule has 0 bridgehead atoms. The number of furan rings is 4. The van der Waals surface area contributed by atoms with Crippen molar-refractivity contribution in [2.24, 2.45) is 0 Å². The van der Waals surface area contributed by atoms with Gasteiger partial charge in [0.05, 0.1) is 11.4 Å². The zero-order valence-electron chi connectivity index (χ0n) is 45.0. The van der Waals surface area contributed by atoms with Gasteiger partial charge < -0.3 is 27.5 Å². The number of nitrogens with zero attached hydrogens (tertiary/aromatic N) is 2. The first kappa shape index (κ1) is 46.1. The molecule has 0 saturated heterocycles. The third kappa shape index (κ3) is 6.88. The molecule has 11 aromatic carbocycles. The first-order chi connectivity index (χ1) is 37.8. The van der Waals surface area contributed by atoms with Gasteiger partial charge in [-0.25, -0.2) is 0 Å². The van der Waals surface area contributed by atoms with Crippen LogP contribution in [0.25, 0.3) is 109 Å². The van der Waals surface area contributed by atoms with Crippen molar-refractivity contribution in [2.45, 2.75) is 66.2 Å². The fraction of sp³-hybridized carbons (Fsp3) is 0.139. The van der Waals surface area contributed by atoms with E-state index in [1.807, 2.05) is 24.3 Å². The molecule has 4 heterocycles. The number of aryl methyl sites for hydroxylation is 2. The molecule has 6 heteroatoms. The highest BCUT2D eigenvalue weighted by Gasteiger charge is 2.35. The number of anilines is 6. The zero-order chi connectivity index (χ0) is 52.9. The summed E-state index contributed by atoms with van der Waals surface area (Å²) in [6.07, 6.45) is 0. The molecule has 0 aliphatic rings. The van der Waals surface area contributed by atoms with Gasteiger partial charge in [0.25, 0.3) is 0 Å². The lowest BCUT2D eigenvalue weighted by Crippen LogP contribution is -2.16. The second-order valence-corrected chi connectivity index (χ2v) is 23.4. The van der Waals surface area contributed by atoms with Crippen molar-refractivity contribution in [3.8, 4) is 0 Å². The van der Waals surface area contributed by atoms with E-state index in [0.29, 0.717) is 0 Å². The van der Waals surface area contributed by atoms with Gasteiger partial charge in [-0.3, -0.25) is 0 Å². The van der Waals surface area contributed by atoms with Crippen LogP contribution in [0.1, 0.15) is 63.8 Å². The maximum Gasteiger partial charge on any atom is 0.159 e. The lowest BCUT2D eigenvalue weighted by Gasteiger charge is -2.27. The molecule has 0 aliphatic carbocycles. The number of rotatable bonds is 6. The Morgan fingerprint density at radius 1 is 0.295 bits per heavy atom. The highest BCUT2D eigenvalue weighted by Crippen LogP contribution is 2.53. The topological polar surface area (TPSA) is 59.0 Å². The van der Waals surface area contributed by atoms with Crippen LogP contribution in [0.2, 0.25) is 0 Å². The van der Waals surface area contributed by atoms with Crippen LogP contribution in [0.4, 0.5) is 34.1 Å². The molecule has 6 nitrogen and oxygen atoms in total. The van der Waals surface area contributed by atoms with E-state index in [9.17, 15) is 0 Å². The summed E-state index contributed by atoms with van der Waals surface area (Å²) in [7, 11) is 0. The van der Waals surface area contributed by atoms with Gasteiger partial charge in [0.2, 0.25) is 0 Å². The number of hydrogen-bond donors (Lipinski definition) is 0. The lowest BCUT2D eigenvalue weighted by atomic mass is 9.77. The van der Waals surface area contributed by atoms with Crippen molar-refractivity contribution in [3.63, 3.8) is 0 Å². The van der Waals surface area contributed by atoms with E-state index in [0.717, 1.165) is 166 Å². The molecule has 0 N–H and O–H groups in total. The van der Waals surface area contributed by atoms with E-state index in [4.69, 9.17) is 17.7 Å². The summed E-state index contributed by atoms with van der Waals surface area (Å²) in [5.41, 5.74) is 17.1. The van der Waals surface area contributed by atoms with Crippen LogP contribution >= 0.6 is 0 Å². The average molecular weight is 1010 g/mol. The molecular weight excluding hydrogens is 957 g/mol. The third-order valence-electron chi connectivity index (χ3n) is 16.2. The monoisotopic (exact) mass is 1010 g/mol. The molecule has 0 radical (unpaired) electrons. The first-order valence-corrected chi connectivity index (χ1v) is 27.1. The van der Waals surface area contributed by atoms with E-state index >= 15 is 0 Å². The number of hydrogen-bond acceptors (Lipinski definition) is 6. The Labute approximate surface area is 451 Å². The van der Waals surface area contributed by atoms with Crippen LogP contribution in [0.15, 0.2) is 212 Å². The molecule has 0 spiro atoms. The normalized spacial score (nSPS) is 12.6. The molecule has 4 aromatic heterocycles. The van der Waals surface area contributed by atoms with Gasteiger partial charge >= 0.3 is 0 Å². The predicted octanol–water partition coefficient (Wildman–Crippen LogP) is 21.7. The second-order valence-electron chi connectivity index (χ2n) is 23.4. The molecule has 0 saturated carbocycles. The summed E-state index contributed by atoms with van der Waals surface area (Å²) in [5, 5.41) is 13.2. The van der Waals surface area contributed by atoms with Gasteiger partial charge in [-0.15, -0.1) is 0 Å². The van der Waals surface area contributed by atoms with E-state index in [-0.39, 0.29) is 10.8 Å². The first-order valence-electron chi connectivity index (χ1n) is 27.1. The third-order valence-corrected chi connectivity index (χ3v) is 16.2. The minimum atomic E-state index is -0.319. The van der Waals surface area contributed by atoms with Crippen molar-refractivity contribution in [2.75, 3.05) is 9.80 Å². The summed E-state index contributed by atoms with van der Waals surface area (Å²) in [6.45, 7) is 18.1. The van der Waals surface area contributed by atoms with Gasteiger partial charge in [0, 0.05) is 77.0 Å². The molecular formula is C72H56N2O4. The standard InChI is InChI=1S/C72H56N2O4/c1-41-19-9-13-25-55(41)73(57-27-17-23-51-49-21-11-15-29-59(49)75-67(51)57)47-33-31-43-37-53-61(39-45(43)35-47)77-69-63(53)65(71(3,4)5)70-64(66(69)72(6,7)8)54-38-44-32-34-48(36-46(44)40-62(54)78-70)74(56-26-14-10-20-42(56)2)58-28-18-24-52-50-22-12-16-30-60(50)76-68(52)58/h9-40H,1-8H3. The Morgan fingerprint density at radius 3 is 1.09 bits per heavy atom. The molecule has 0 atom stereocenters. The summed E-state index contributed by atoms with van der Waals surface area (Å²) in [6, 6.07) is 69.3. The Bertz CT molecular complexity index is 4670. The zero-order valence-corrected chi connectivity index (χ0v) is 45.0. The lowest BCUT2D eigenvalue weighted by molar-refractivity contribution is 0.564. The molecule has 78 heavy (non-hydrogen) atoms. The number of para-hydroxylation sites is 6. The van der Waals surface area contributed by atoms with Crippen molar-refractivity contribution < 1.29 is 17.7 Å². The largest absolute Gasteiger partial charge is 0.456 e. The smallest absolute Gasteiger partial charge is 0.159 e. The van der Waals surface area contributed by atoms with Crippen LogP contribution in [0.5, 0.6) is 0 Å². The van der Waals surface area contributed by atoms with Gasteiger partial charge in [-0.1, -0.05) is 151 Å². The van der Waals surface area contributed by atoms with Crippen LogP contribution in [0.3, 0.4) is 0 Å². The minimum absolute atomic E-state index is 0.319. The minimum Gasteiger partial charge on any atom is -0.456 e. The molecule has 0 fully saturated rings. The summed E-state index contributed by atoms with van der Waals surface area (Å²) in [5.74, 6) is 0. The number of fused-ring (bicyclic) bond motifs is 14. The highest BCUT2D eigenvalue weighted by molar-refractivity contribution is 6.23. The van der Waals surface area contributed by atoms with Gasteiger partial charge in [0.1, 0.15) is 33.5 Å². The number of benzene rings is 11. The van der Waals surface area contributed by atoms with Crippen molar-refractivity contribution >= 4 is 143 Å². The van der Waals surface area contributed by atoms with Gasteiger partial charge in [0.15, 0.2) is 11.2 Å². The fourth-order valence-electron chi connectivity index (χ4n) is 12.7. The van der Waals surface area contributed by atoms with E-state index in [1.54, 1.807) is 0 Å². The molecule has 378 valence electrons. The van der Waals surface area contributed by atoms with Crippen molar-refractivity contribution in [1.29, 1.82) is 0 Å². The van der Waals surface area contributed by atoms with Gasteiger partial charge in [-0.2, -0.15) is 0 Å². The summed E-state index contributed by atoms with van der Waals surface area (Å²) < 4.78 is 28.1. The molecule has 0 unspecified atom stereocenters. The highest BCUT2D eigenvalue weighted by atomic mass is 16.3. The second kappa shape index (κ2) is 16.6. The van der Waals surface area contributed by atoms with Crippen molar-refractivity contribution in [3.05, 3.63) is 216 Å². The van der Waals surface area contributed by atoms with E-state index in [2.05, 4.69) is 235 Å². The van der Waals surface area contributed by atoms with Crippen LogP contribution in [-0.4, -0.2) is 0 Å². The van der Waals surface area contributed by atoms with Crippen LogP contribution < -0.4 is 9.80 Å². The summed E-state index contributed by atoms with van der Waals surface area (Å²) in [4.78, 5) is 4.68. The maximum absolute atomic E-state index is 7.35. The van der Waals surface area contributed by atoms with Crippen LogP contribution in [0, 0.1) is 13.8 Å². The Kier molecular flexibility index (Phi) is 9.82. The predicted molar refractivity (Wildman–Crippen MR) is 327 cm³/mol. The Morgan fingerprint density at radius 2 is 0.667 bits per heavy atom. The Hall–Kier alpha value is -9.26. The molecule has 15 rings (SSSR count). The summed E-state index contributed by atoms with van der Waals surface area (Å²) >= 11 is 0. The maximum atomic E-state index is 7.35. The van der Waals surface area contributed by atoms with Crippen molar-refractivity contribution in [1.82, 2.24) is 0 Å².